The number of carbonyl (C=O) groups excluding carboxylic acids is 1. The van der Waals surface area contributed by atoms with Crippen molar-refractivity contribution < 1.29 is 19.0 Å². The largest absolute Gasteiger partial charge is 0.497 e. The minimum Gasteiger partial charge on any atom is -0.497 e. The van der Waals surface area contributed by atoms with Gasteiger partial charge in [-0.3, -0.25) is 15.1 Å². The summed E-state index contributed by atoms with van der Waals surface area (Å²) in [5, 5.41) is 5.97. The Bertz CT molecular complexity index is 1030. The van der Waals surface area contributed by atoms with Gasteiger partial charge in [-0.15, -0.1) is 0 Å². The molecule has 0 spiro atoms. The molecule has 0 aliphatic rings. The molecule has 0 radical (unpaired) electrons. The first-order chi connectivity index (χ1) is 15.1. The van der Waals surface area contributed by atoms with Gasteiger partial charge in [0.15, 0.2) is 0 Å². The van der Waals surface area contributed by atoms with Crippen LogP contribution in [0, 0.1) is 0 Å². The smallest absolute Gasteiger partial charge is 0.258 e. The van der Waals surface area contributed by atoms with Crippen LogP contribution >= 0.6 is 0 Å². The zero-order valence-electron chi connectivity index (χ0n) is 17.6. The first-order valence-electron chi connectivity index (χ1n) is 9.50. The summed E-state index contributed by atoms with van der Waals surface area (Å²) in [4.78, 5) is 21.5. The van der Waals surface area contributed by atoms with Gasteiger partial charge in [-0.25, -0.2) is 4.99 Å². The fourth-order valence-electron chi connectivity index (χ4n) is 2.72. The number of anilines is 1. The maximum absolute atomic E-state index is 12.9. The van der Waals surface area contributed by atoms with Gasteiger partial charge in [-0.2, -0.15) is 0 Å². The quantitative estimate of drug-likeness (QED) is 0.449. The van der Waals surface area contributed by atoms with Crippen LogP contribution in [0.1, 0.15) is 15.9 Å². The van der Waals surface area contributed by atoms with E-state index in [9.17, 15) is 4.79 Å². The molecule has 31 heavy (non-hydrogen) atoms. The average Bonchev–Trinajstić information content (AvgIpc) is 2.82. The number of methoxy groups -OCH3 is 3. The zero-order valence-corrected chi connectivity index (χ0v) is 17.6. The molecule has 160 valence electrons. The predicted molar refractivity (Wildman–Crippen MR) is 119 cm³/mol. The summed E-state index contributed by atoms with van der Waals surface area (Å²) in [6.07, 6.45) is 3.39. The van der Waals surface area contributed by atoms with Crippen LogP contribution in [0.15, 0.2) is 72.0 Å². The van der Waals surface area contributed by atoms with Crippen molar-refractivity contribution in [3.63, 3.8) is 0 Å². The third-order valence-corrected chi connectivity index (χ3v) is 4.35. The fraction of sp³-hybridized carbons (Fsp3) is 0.174. The fourth-order valence-corrected chi connectivity index (χ4v) is 2.72. The number of nitrogens with one attached hydrogen (secondary N) is 2. The minimum absolute atomic E-state index is 0.289. The van der Waals surface area contributed by atoms with Crippen molar-refractivity contribution in [2.45, 2.75) is 6.54 Å². The number of hydrogen-bond acceptors (Lipinski definition) is 6. The molecule has 0 unspecified atom stereocenters. The second-order valence-electron chi connectivity index (χ2n) is 6.43. The molecule has 8 heteroatoms. The summed E-state index contributed by atoms with van der Waals surface area (Å²) in [5.41, 5.74) is 2.05. The maximum Gasteiger partial charge on any atom is 0.258 e. The molecule has 3 rings (SSSR count). The Balaban J connectivity index is 1.85. The Hall–Kier alpha value is -4.07. The molecule has 0 aliphatic carbocycles. The van der Waals surface area contributed by atoms with Crippen LogP contribution in [0.5, 0.6) is 17.2 Å². The standard InChI is InChI=1S/C23H24N4O4/c1-29-19-6-4-5-18(13-19)26-23(25-15-16-7-9-24-10-8-16)27-22(28)17-11-20(30-2)14-21(12-17)31-3/h4-14H,15H2,1-3H3,(H2,25,26,27,28). The molecule has 0 bridgehead atoms. The van der Waals surface area contributed by atoms with Gasteiger partial charge in [-0.1, -0.05) is 6.07 Å². The molecule has 8 nitrogen and oxygen atoms in total. The van der Waals surface area contributed by atoms with E-state index in [0.717, 1.165) is 11.3 Å². The second kappa shape index (κ2) is 10.6. The Morgan fingerprint density at radius 1 is 0.903 bits per heavy atom. The van der Waals surface area contributed by atoms with Crippen LogP contribution < -0.4 is 24.8 Å². The first-order valence-corrected chi connectivity index (χ1v) is 9.50. The summed E-state index contributed by atoms with van der Waals surface area (Å²) in [5.74, 6) is 1.64. The molecule has 2 N–H and O–H groups in total. The Labute approximate surface area is 180 Å². The van der Waals surface area contributed by atoms with E-state index in [1.807, 2.05) is 36.4 Å². The minimum atomic E-state index is -0.360. The van der Waals surface area contributed by atoms with E-state index in [0.29, 0.717) is 29.4 Å². The van der Waals surface area contributed by atoms with E-state index in [1.54, 1.807) is 37.7 Å². The van der Waals surface area contributed by atoms with Crippen molar-refractivity contribution in [3.8, 4) is 17.2 Å². The highest BCUT2D eigenvalue weighted by Crippen LogP contribution is 2.22. The lowest BCUT2D eigenvalue weighted by Gasteiger charge is -2.14. The number of nitrogens with zero attached hydrogens (tertiary/aromatic N) is 2. The van der Waals surface area contributed by atoms with Gasteiger partial charge >= 0.3 is 0 Å². The molecule has 1 aromatic heterocycles. The number of hydrogen-bond donors (Lipinski definition) is 2. The van der Waals surface area contributed by atoms with Crippen molar-refractivity contribution in [2.75, 3.05) is 26.6 Å². The number of ether oxygens (including phenoxy) is 3. The number of rotatable bonds is 7. The van der Waals surface area contributed by atoms with Gasteiger partial charge in [0.05, 0.1) is 27.9 Å². The van der Waals surface area contributed by atoms with Crippen LogP contribution in [0.25, 0.3) is 0 Å². The molecule has 3 aromatic rings. The number of amides is 1. The van der Waals surface area contributed by atoms with Crippen LogP contribution in [-0.4, -0.2) is 38.2 Å². The molecule has 2 aromatic carbocycles. The lowest BCUT2D eigenvalue weighted by molar-refractivity contribution is 0.0976. The van der Waals surface area contributed by atoms with Crippen molar-refractivity contribution in [3.05, 3.63) is 78.1 Å². The van der Waals surface area contributed by atoms with E-state index in [4.69, 9.17) is 14.2 Å². The first kappa shape index (κ1) is 21.6. The lowest BCUT2D eigenvalue weighted by Crippen LogP contribution is -2.36. The Morgan fingerprint density at radius 3 is 2.23 bits per heavy atom. The number of aromatic nitrogens is 1. The van der Waals surface area contributed by atoms with E-state index in [1.165, 1.54) is 14.2 Å². The van der Waals surface area contributed by atoms with Gasteiger partial charge in [-0.05, 0) is 42.0 Å². The second-order valence-corrected chi connectivity index (χ2v) is 6.43. The highest BCUT2D eigenvalue weighted by Gasteiger charge is 2.13. The Morgan fingerprint density at radius 2 is 1.58 bits per heavy atom. The molecule has 0 aliphatic heterocycles. The summed E-state index contributed by atoms with van der Waals surface area (Å²) < 4.78 is 15.8. The van der Waals surface area contributed by atoms with E-state index >= 15 is 0 Å². The molecule has 1 heterocycles. The van der Waals surface area contributed by atoms with Gasteiger partial charge in [0, 0.05) is 35.8 Å². The topological polar surface area (TPSA) is 94.1 Å². The van der Waals surface area contributed by atoms with Crippen LogP contribution in [0.3, 0.4) is 0 Å². The van der Waals surface area contributed by atoms with Crippen LogP contribution in [0.2, 0.25) is 0 Å². The van der Waals surface area contributed by atoms with Crippen LogP contribution in [-0.2, 0) is 6.54 Å². The summed E-state index contributed by atoms with van der Waals surface area (Å²) in [6.45, 7) is 0.358. The van der Waals surface area contributed by atoms with Gasteiger partial charge in [0.1, 0.15) is 17.2 Å². The molecular weight excluding hydrogens is 396 g/mol. The van der Waals surface area contributed by atoms with Gasteiger partial charge < -0.3 is 19.5 Å². The summed E-state index contributed by atoms with van der Waals surface area (Å²) in [7, 11) is 4.65. The molecule has 1 amide bonds. The lowest BCUT2D eigenvalue weighted by atomic mass is 10.2. The van der Waals surface area contributed by atoms with E-state index < -0.39 is 0 Å². The highest BCUT2D eigenvalue weighted by atomic mass is 16.5. The molecular formula is C23H24N4O4. The summed E-state index contributed by atoms with van der Waals surface area (Å²) in [6, 6.07) is 16.0. The van der Waals surface area contributed by atoms with Crippen molar-refractivity contribution in [1.29, 1.82) is 0 Å². The van der Waals surface area contributed by atoms with Crippen molar-refractivity contribution in [1.82, 2.24) is 10.3 Å². The third-order valence-electron chi connectivity index (χ3n) is 4.35. The number of pyridine rings is 1. The van der Waals surface area contributed by atoms with Gasteiger partial charge in [0.25, 0.3) is 5.91 Å². The number of benzene rings is 2. The number of aliphatic imine (C=N–C) groups is 1. The maximum atomic E-state index is 12.9. The Kier molecular flexibility index (Phi) is 7.42. The SMILES string of the molecule is COc1cccc(NC(=NCc2ccncc2)NC(=O)c2cc(OC)cc(OC)c2)c1. The van der Waals surface area contributed by atoms with Gasteiger partial charge in [0.2, 0.25) is 5.96 Å². The molecule has 0 saturated heterocycles. The van der Waals surface area contributed by atoms with Crippen molar-refractivity contribution >= 4 is 17.6 Å². The van der Waals surface area contributed by atoms with E-state index in [2.05, 4.69) is 20.6 Å². The van der Waals surface area contributed by atoms with Crippen molar-refractivity contribution in [2.24, 2.45) is 4.99 Å². The third kappa shape index (κ3) is 6.20. The molecule has 0 saturated carbocycles. The average molecular weight is 420 g/mol. The van der Waals surface area contributed by atoms with Crippen LogP contribution in [0.4, 0.5) is 5.69 Å². The highest BCUT2D eigenvalue weighted by molar-refractivity contribution is 6.10. The zero-order chi connectivity index (χ0) is 22.1. The predicted octanol–water partition coefficient (Wildman–Crippen LogP) is 3.51. The number of guanidine groups is 1. The number of carbonyl (C=O) groups is 1. The van der Waals surface area contributed by atoms with E-state index in [-0.39, 0.29) is 11.9 Å². The summed E-state index contributed by atoms with van der Waals surface area (Å²) >= 11 is 0. The monoisotopic (exact) mass is 420 g/mol. The molecule has 0 atom stereocenters. The molecule has 0 fully saturated rings. The normalized spacial score (nSPS) is 10.9.